The summed E-state index contributed by atoms with van der Waals surface area (Å²) < 4.78 is 6.44. The van der Waals surface area contributed by atoms with Crippen molar-refractivity contribution in [3.05, 3.63) is 94.7 Å². The fraction of sp³-hybridized carbons (Fsp3) is 0.355. The molecule has 37 heavy (non-hydrogen) atoms. The minimum Gasteiger partial charge on any atom is -0.472 e. The summed E-state index contributed by atoms with van der Waals surface area (Å²) >= 11 is 0. The molecule has 194 valence electrons. The Morgan fingerprint density at radius 2 is 1.89 bits per heavy atom. The van der Waals surface area contributed by atoms with Gasteiger partial charge in [-0.15, -0.1) is 0 Å². The third kappa shape index (κ3) is 6.85. The zero-order chi connectivity index (χ0) is 26.4. The predicted molar refractivity (Wildman–Crippen MR) is 148 cm³/mol. The number of ether oxygens (including phenoxy) is 1. The number of aromatic nitrogens is 1. The summed E-state index contributed by atoms with van der Waals surface area (Å²) in [4.78, 5) is 22.2. The number of aliphatic hydroxyl groups is 1. The fourth-order valence-corrected chi connectivity index (χ4v) is 4.68. The van der Waals surface area contributed by atoms with Gasteiger partial charge in [-0.05, 0) is 43.7 Å². The van der Waals surface area contributed by atoms with Gasteiger partial charge in [0, 0.05) is 31.7 Å². The molecule has 0 radical (unpaired) electrons. The van der Waals surface area contributed by atoms with Gasteiger partial charge in [-0.25, -0.2) is 4.98 Å². The molecule has 0 spiro atoms. The van der Waals surface area contributed by atoms with E-state index in [1.54, 1.807) is 11.1 Å². The number of fused-ring (bicyclic) bond motifs is 1. The molecule has 0 saturated carbocycles. The quantitative estimate of drug-likeness (QED) is 0.477. The molecule has 0 fully saturated rings. The van der Waals surface area contributed by atoms with Crippen molar-refractivity contribution in [2.75, 3.05) is 26.7 Å². The molecule has 0 aliphatic carbocycles. The highest BCUT2D eigenvalue weighted by atomic mass is 16.5. The van der Waals surface area contributed by atoms with E-state index in [4.69, 9.17) is 4.74 Å². The van der Waals surface area contributed by atoms with Crippen molar-refractivity contribution in [2.45, 2.75) is 39.5 Å². The van der Waals surface area contributed by atoms with Crippen LogP contribution in [0.4, 0.5) is 0 Å². The maximum Gasteiger partial charge on any atom is 0.259 e. The number of aryl methyl sites for hydroxylation is 1. The molecule has 6 heteroatoms. The Hall–Kier alpha value is -3.48. The molecule has 1 amide bonds. The molecule has 2 aromatic carbocycles. The van der Waals surface area contributed by atoms with Gasteiger partial charge in [-0.1, -0.05) is 79.2 Å². The SMILES string of the molecule is Cc1cccc(CN(C)C[C@@H]2Oc3ncc(/C=C/c4ccccc4)cc3C(=O)N([C@H](C)CO)C[C@@H]2C)c1. The number of likely N-dealkylation sites (N-methyl/N-ethyl adjacent to an activating group) is 1. The molecule has 3 aromatic rings. The van der Waals surface area contributed by atoms with E-state index in [0.717, 1.165) is 17.7 Å². The van der Waals surface area contributed by atoms with Crippen LogP contribution in [0.1, 0.15) is 46.5 Å². The lowest BCUT2D eigenvalue weighted by atomic mass is 9.99. The molecule has 1 aromatic heterocycles. The van der Waals surface area contributed by atoms with Crippen LogP contribution >= 0.6 is 0 Å². The summed E-state index contributed by atoms with van der Waals surface area (Å²) in [5.41, 5.74) is 4.80. The molecule has 1 aliphatic rings. The van der Waals surface area contributed by atoms with E-state index in [-0.39, 0.29) is 30.6 Å². The second-order valence-corrected chi connectivity index (χ2v) is 10.2. The van der Waals surface area contributed by atoms with Gasteiger partial charge in [0.15, 0.2) is 0 Å². The second-order valence-electron chi connectivity index (χ2n) is 10.2. The van der Waals surface area contributed by atoms with Crippen LogP contribution in [0.15, 0.2) is 66.9 Å². The van der Waals surface area contributed by atoms with Crippen LogP contribution in [-0.2, 0) is 6.54 Å². The van der Waals surface area contributed by atoms with Crippen LogP contribution in [0.3, 0.4) is 0 Å². The Labute approximate surface area is 220 Å². The Balaban J connectivity index is 1.61. The van der Waals surface area contributed by atoms with E-state index < -0.39 is 0 Å². The normalized spacial score (nSPS) is 18.9. The van der Waals surface area contributed by atoms with E-state index >= 15 is 0 Å². The molecular formula is C31H37N3O3. The van der Waals surface area contributed by atoms with Crippen molar-refractivity contribution < 1.29 is 14.6 Å². The van der Waals surface area contributed by atoms with Gasteiger partial charge >= 0.3 is 0 Å². The highest BCUT2D eigenvalue weighted by Crippen LogP contribution is 2.28. The molecule has 2 heterocycles. The molecule has 4 rings (SSSR count). The first-order valence-electron chi connectivity index (χ1n) is 12.9. The van der Waals surface area contributed by atoms with Gasteiger partial charge in [0.1, 0.15) is 11.7 Å². The maximum atomic E-state index is 13.6. The topological polar surface area (TPSA) is 65.9 Å². The van der Waals surface area contributed by atoms with Gasteiger partial charge in [-0.2, -0.15) is 0 Å². The van der Waals surface area contributed by atoms with Gasteiger partial charge in [-0.3, -0.25) is 9.69 Å². The van der Waals surface area contributed by atoms with Crippen molar-refractivity contribution in [2.24, 2.45) is 5.92 Å². The summed E-state index contributed by atoms with van der Waals surface area (Å²) in [6.45, 7) is 7.94. The average molecular weight is 500 g/mol. The number of pyridine rings is 1. The van der Waals surface area contributed by atoms with Crippen LogP contribution in [0.5, 0.6) is 5.88 Å². The lowest BCUT2D eigenvalue weighted by Gasteiger charge is -2.37. The largest absolute Gasteiger partial charge is 0.472 e. The minimum absolute atomic E-state index is 0.0468. The average Bonchev–Trinajstić information content (AvgIpc) is 2.89. The van der Waals surface area contributed by atoms with Crippen LogP contribution < -0.4 is 4.74 Å². The first kappa shape index (κ1) is 26.6. The summed E-state index contributed by atoms with van der Waals surface area (Å²) in [7, 11) is 2.09. The fourth-order valence-electron chi connectivity index (χ4n) is 4.68. The Kier molecular flexibility index (Phi) is 8.74. The lowest BCUT2D eigenvalue weighted by Crippen LogP contribution is -2.49. The van der Waals surface area contributed by atoms with Crippen LogP contribution in [0.2, 0.25) is 0 Å². The minimum atomic E-state index is -0.310. The first-order valence-corrected chi connectivity index (χ1v) is 12.9. The number of rotatable bonds is 8. The van der Waals surface area contributed by atoms with Crippen molar-refractivity contribution in [3.63, 3.8) is 0 Å². The number of aliphatic hydroxyl groups excluding tert-OH is 1. The van der Waals surface area contributed by atoms with Gasteiger partial charge in [0.05, 0.1) is 12.6 Å². The summed E-state index contributed by atoms with van der Waals surface area (Å²) in [5.74, 6) is 0.223. The van der Waals surface area contributed by atoms with Gasteiger partial charge < -0.3 is 14.7 Å². The summed E-state index contributed by atoms with van der Waals surface area (Å²) in [5, 5.41) is 9.90. The molecule has 0 bridgehead atoms. The summed E-state index contributed by atoms with van der Waals surface area (Å²) in [6, 6.07) is 20.0. The first-order chi connectivity index (χ1) is 17.8. The molecule has 1 N–H and O–H groups in total. The molecule has 1 aliphatic heterocycles. The van der Waals surface area contributed by atoms with Crippen LogP contribution in [-0.4, -0.2) is 64.7 Å². The third-order valence-electron chi connectivity index (χ3n) is 6.84. The Morgan fingerprint density at radius 3 is 2.62 bits per heavy atom. The predicted octanol–water partition coefficient (Wildman–Crippen LogP) is 4.91. The molecule has 0 saturated heterocycles. The number of amides is 1. The number of nitrogens with zero attached hydrogens (tertiary/aromatic N) is 3. The third-order valence-corrected chi connectivity index (χ3v) is 6.84. The molecule has 6 nitrogen and oxygen atoms in total. The van der Waals surface area contributed by atoms with Crippen molar-refractivity contribution in [3.8, 4) is 5.88 Å². The highest BCUT2D eigenvalue weighted by molar-refractivity contribution is 5.97. The zero-order valence-corrected chi connectivity index (χ0v) is 22.2. The van der Waals surface area contributed by atoms with Gasteiger partial charge in [0.2, 0.25) is 5.88 Å². The maximum absolute atomic E-state index is 13.6. The molecule has 0 unspecified atom stereocenters. The number of hydrogen-bond donors (Lipinski definition) is 1. The van der Waals surface area contributed by atoms with E-state index in [9.17, 15) is 9.90 Å². The molecular weight excluding hydrogens is 462 g/mol. The van der Waals surface area contributed by atoms with E-state index in [0.29, 0.717) is 24.5 Å². The number of carbonyl (C=O) groups is 1. The van der Waals surface area contributed by atoms with Crippen molar-refractivity contribution >= 4 is 18.1 Å². The molecule has 3 atom stereocenters. The standard InChI is InChI=1S/C31H37N3O3/c1-22-9-8-12-27(15-22)19-33(4)20-29-23(2)18-34(24(3)21-35)31(36)28-16-26(17-32-30(28)37-29)14-13-25-10-6-5-7-11-25/h5-17,23-24,29,35H,18-21H2,1-4H3/b14-13+/t23-,24+,29-/m0/s1. The summed E-state index contributed by atoms with van der Waals surface area (Å²) in [6.07, 6.45) is 5.51. The monoisotopic (exact) mass is 499 g/mol. The smallest absolute Gasteiger partial charge is 0.259 e. The van der Waals surface area contributed by atoms with E-state index in [1.165, 1.54) is 11.1 Å². The number of hydrogen-bond acceptors (Lipinski definition) is 5. The van der Waals surface area contributed by atoms with Crippen molar-refractivity contribution in [1.82, 2.24) is 14.8 Å². The number of benzene rings is 2. The lowest BCUT2D eigenvalue weighted by molar-refractivity contribution is 0.0325. The van der Waals surface area contributed by atoms with E-state index in [2.05, 4.69) is 55.0 Å². The van der Waals surface area contributed by atoms with Crippen LogP contribution in [0, 0.1) is 12.8 Å². The Bertz CT molecular complexity index is 1230. The van der Waals surface area contributed by atoms with Crippen LogP contribution in [0.25, 0.3) is 12.2 Å². The Morgan fingerprint density at radius 1 is 1.14 bits per heavy atom. The number of carbonyl (C=O) groups excluding carboxylic acids is 1. The van der Waals surface area contributed by atoms with Gasteiger partial charge in [0.25, 0.3) is 5.91 Å². The zero-order valence-electron chi connectivity index (χ0n) is 22.2. The second kappa shape index (κ2) is 12.2. The highest BCUT2D eigenvalue weighted by Gasteiger charge is 2.34. The van der Waals surface area contributed by atoms with E-state index in [1.807, 2.05) is 55.5 Å². The van der Waals surface area contributed by atoms with Crippen molar-refractivity contribution in [1.29, 1.82) is 0 Å².